The Balaban J connectivity index is 1.93. The Morgan fingerprint density at radius 2 is 1.81 bits per heavy atom. The molecule has 3 rings (SSSR count). The highest BCUT2D eigenvalue weighted by atomic mass is 32.1. The van der Waals surface area contributed by atoms with Crippen LogP contribution in [0.15, 0.2) is 33.9 Å². The SMILES string of the molecule is CC(=O)NNC(=O)c1sc(NC(=O)[C@H](C(C)C)n2c(=O)[nH]c3ccccc3c2=O)nc1C. The lowest BCUT2D eigenvalue weighted by Crippen LogP contribution is -2.44. The number of carbonyl (C=O) groups is 3. The maximum Gasteiger partial charge on any atom is 0.329 e. The highest BCUT2D eigenvalue weighted by Crippen LogP contribution is 2.25. The van der Waals surface area contributed by atoms with Crippen molar-refractivity contribution in [3.05, 3.63) is 55.7 Å². The van der Waals surface area contributed by atoms with Gasteiger partial charge >= 0.3 is 5.69 Å². The zero-order valence-corrected chi connectivity index (χ0v) is 18.6. The van der Waals surface area contributed by atoms with E-state index in [0.717, 1.165) is 15.9 Å². The van der Waals surface area contributed by atoms with Crippen molar-refractivity contribution in [2.45, 2.75) is 33.7 Å². The Morgan fingerprint density at radius 1 is 1.12 bits per heavy atom. The van der Waals surface area contributed by atoms with Gasteiger partial charge < -0.3 is 10.3 Å². The molecular formula is C20H22N6O5S. The molecule has 168 valence electrons. The van der Waals surface area contributed by atoms with Crippen molar-refractivity contribution in [3.8, 4) is 0 Å². The van der Waals surface area contributed by atoms with E-state index in [1.807, 2.05) is 0 Å². The molecule has 0 radical (unpaired) electrons. The topological polar surface area (TPSA) is 155 Å². The molecule has 3 amide bonds. The number of hydrazine groups is 1. The summed E-state index contributed by atoms with van der Waals surface area (Å²) in [4.78, 5) is 68.9. The standard InChI is InChI=1S/C20H22N6O5S/c1-9(2)14(26-18(30)12-7-5-6-8-13(12)22-20(26)31)16(28)23-19-21-10(3)15(32-19)17(29)25-24-11(4)27/h5-9,14H,1-4H3,(H,22,31)(H,24,27)(H,25,29)(H,21,23,28)/t14-/m0/s1. The van der Waals surface area contributed by atoms with Crippen molar-refractivity contribution in [2.24, 2.45) is 5.92 Å². The largest absolute Gasteiger partial charge is 0.329 e. The number of aryl methyl sites for hydroxylation is 1. The number of amides is 3. The van der Waals surface area contributed by atoms with Crippen LogP contribution in [0.4, 0.5) is 5.13 Å². The molecule has 12 heteroatoms. The zero-order valence-electron chi connectivity index (χ0n) is 17.8. The normalized spacial score (nSPS) is 11.9. The quantitative estimate of drug-likeness (QED) is 0.419. The van der Waals surface area contributed by atoms with E-state index in [0.29, 0.717) is 11.2 Å². The number of fused-ring (bicyclic) bond motifs is 1. The van der Waals surface area contributed by atoms with Crippen LogP contribution >= 0.6 is 11.3 Å². The van der Waals surface area contributed by atoms with Crippen LogP contribution in [0, 0.1) is 12.8 Å². The number of aromatic nitrogens is 3. The Hall–Kier alpha value is -3.80. The summed E-state index contributed by atoms with van der Waals surface area (Å²) in [5, 5.41) is 3.00. The molecular weight excluding hydrogens is 436 g/mol. The summed E-state index contributed by atoms with van der Waals surface area (Å²) in [7, 11) is 0. The number of carbonyl (C=O) groups excluding carboxylic acids is 3. The summed E-state index contributed by atoms with van der Waals surface area (Å²) in [5.74, 6) is -2.05. The van der Waals surface area contributed by atoms with E-state index in [1.165, 1.54) is 6.92 Å². The van der Waals surface area contributed by atoms with Gasteiger partial charge in [0.1, 0.15) is 10.9 Å². The lowest BCUT2D eigenvalue weighted by molar-refractivity contribution is -0.121. The van der Waals surface area contributed by atoms with Crippen molar-refractivity contribution in [1.29, 1.82) is 0 Å². The van der Waals surface area contributed by atoms with Gasteiger partial charge in [0.05, 0.1) is 16.6 Å². The molecule has 0 aliphatic rings. The monoisotopic (exact) mass is 458 g/mol. The van der Waals surface area contributed by atoms with Crippen molar-refractivity contribution in [3.63, 3.8) is 0 Å². The molecule has 0 saturated carbocycles. The van der Waals surface area contributed by atoms with Gasteiger partial charge in [-0.2, -0.15) is 0 Å². The van der Waals surface area contributed by atoms with Crippen LogP contribution in [0.1, 0.15) is 42.2 Å². The summed E-state index contributed by atoms with van der Waals surface area (Å²) in [6, 6.07) is 5.43. The molecule has 3 aromatic rings. The fraction of sp³-hybridized carbons (Fsp3) is 0.300. The van der Waals surface area contributed by atoms with Crippen LogP contribution in [0.5, 0.6) is 0 Å². The van der Waals surface area contributed by atoms with Crippen LogP contribution in [0.3, 0.4) is 0 Å². The average Bonchev–Trinajstić information content (AvgIpc) is 3.08. The van der Waals surface area contributed by atoms with Gasteiger partial charge in [-0.05, 0) is 25.0 Å². The van der Waals surface area contributed by atoms with Crippen molar-refractivity contribution in [2.75, 3.05) is 5.32 Å². The minimum absolute atomic E-state index is 0.122. The summed E-state index contributed by atoms with van der Waals surface area (Å²) < 4.78 is 0.896. The number of anilines is 1. The number of aromatic amines is 1. The lowest BCUT2D eigenvalue weighted by Gasteiger charge is -2.21. The number of hydrogen-bond acceptors (Lipinski definition) is 7. The molecule has 2 heterocycles. The van der Waals surface area contributed by atoms with Gasteiger partial charge in [0.2, 0.25) is 11.8 Å². The molecule has 2 aromatic heterocycles. The van der Waals surface area contributed by atoms with Crippen LogP contribution in [0.25, 0.3) is 10.9 Å². The average molecular weight is 459 g/mol. The summed E-state index contributed by atoms with van der Waals surface area (Å²) in [6.45, 7) is 6.25. The zero-order chi connectivity index (χ0) is 23.6. The maximum atomic E-state index is 13.1. The van der Waals surface area contributed by atoms with E-state index in [4.69, 9.17) is 0 Å². The predicted octanol–water partition coefficient (Wildman–Crippen LogP) is 1.07. The number of thiazole rings is 1. The number of rotatable bonds is 5. The summed E-state index contributed by atoms with van der Waals surface area (Å²) >= 11 is 0.903. The molecule has 0 spiro atoms. The van der Waals surface area contributed by atoms with E-state index >= 15 is 0 Å². The van der Waals surface area contributed by atoms with Crippen LogP contribution in [-0.2, 0) is 9.59 Å². The van der Waals surface area contributed by atoms with Crippen LogP contribution in [-0.4, -0.2) is 32.3 Å². The van der Waals surface area contributed by atoms with Gasteiger partial charge in [-0.1, -0.05) is 37.3 Å². The number of hydrogen-bond donors (Lipinski definition) is 4. The van der Waals surface area contributed by atoms with Gasteiger partial charge in [-0.3, -0.25) is 30.0 Å². The second kappa shape index (κ2) is 9.14. The smallest absolute Gasteiger partial charge is 0.307 e. The van der Waals surface area contributed by atoms with Gasteiger partial charge in [0.15, 0.2) is 5.13 Å². The van der Waals surface area contributed by atoms with Crippen molar-refractivity contribution in [1.82, 2.24) is 25.4 Å². The van der Waals surface area contributed by atoms with E-state index in [-0.39, 0.29) is 15.4 Å². The second-order valence-electron chi connectivity index (χ2n) is 7.40. The highest BCUT2D eigenvalue weighted by molar-refractivity contribution is 7.17. The van der Waals surface area contributed by atoms with Gasteiger partial charge in [-0.15, -0.1) is 0 Å². The number of nitrogens with zero attached hydrogens (tertiary/aromatic N) is 2. The van der Waals surface area contributed by atoms with E-state index < -0.39 is 40.9 Å². The molecule has 0 saturated heterocycles. The summed E-state index contributed by atoms with van der Waals surface area (Å²) in [5.41, 5.74) is 3.86. The summed E-state index contributed by atoms with van der Waals surface area (Å²) in [6.07, 6.45) is 0. The maximum absolute atomic E-state index is 13.1. The van der Waals surface area contributed by atoms with Crippen molar-refractivity contribution >= 4 is 45.1 Å². The first-order valence-corrected chi connectivity index (χ1v) is 10.5. The number of H-pyrrole nitrogens is 1. The van der Waals surface area contributed by atoms with Crippen LogP contribution in [0.2, 0.25) is 0 Å². The Morgan fingerprint density at radius 3 is 2.47 bits per heavy atom. The van der Waals surface area contributed by atoms with Gasteiger partial charge in [-0.25, -0.2) is 14.3 Å². The Labute approximate surface area is 185 Å². The molecule has 0 fully saturated rings. The molecule has 4 N–H and O–H groups in total. The minimum Gasteiger partial charge on any atom is -0.307 e. The predicted molar refractivity (Wildman–Crippen MR) is 119 cm³/mol. The van der Waals surface area contributed by atoms with E-state index in [1.54, 1.807) is 45.0 Å². The third-order valence-electron chi connectivity index (χ3n) is 4.60. The third kappa shape index (κ3) is 4.59. The van der Waals surface area contributed by atoms with Gasteiger partial charge in [0.25, 0.3) is 11.5 Å². The first-order valence-electron chi connectivity index (χ1n) is 9.69. The molecule has 1 atom stereocenters. The minimum atomic E-state index is -1.11. The van der Waals surface area contributed by atoms with E-state index in [2.05, 4.69) is 26.1 Å². The fourth-order valence-electron chi connectivity index (χ4n) is 3.19. The third-order valence-corrected chi connectivity index (χ3v) is 5.67. The van der Waals surface area contributed by atoms with Gasteiger partial charge in [0, 0.05) is 6.92 Å². The molecule has 32 heavy (non-hydrogen) atoms. The molecule has 0 aliphatic heterocycles. The number of para-hydroxylation sites is 1. The Kier molecular flexibility index (Phi) is 6.53. The van der Waals surface area contributed by atoms with E-state index in [9.17, 15) is 24.0 Å². The molecule has 1 aromatic carbocycles. The van der Waals surface area contributed by atoms with Crippen LogP contribution < -0.4 is 27.4 Å². The lowest BCUT2D eigenvalue weighted by atomic mass is 10.0. The fourth-order valence-corrected chi connectivity index (χ4v) is 4.05. The molecule has 0 aliphatic carbocycles. The first kappa shape index (κ1) is 22.9. The molecule has 11 nitrogen and oxygen atoms in total. The molecule has 0 unspecified atom stereocenters. The molecule has 0 bridgehead atoms. The highest BCUT2D eigenvalue weighted by Gasteiger charge is 2.29. The number of nitrogens with one attached hydrogen (secondary N) is 4. The Bertz CT molecular complexity index is 1320. The number of benzene rings is 1. The first-order chi connectivity index (χ1) is 15.1. The second-order valence-corrected chi connectivity index (χ2v) is 8.40. The van der Waals surface area contributed by atoms with Crippen molar-refractivity contribution < 1.29 is 14.4 Å².